The predicted molar refractivity (Wildman–Crippen MR) is 52.7 cm³/mol. The van der Waals surface area contributed by atoms with Gasteiger partial charge in [-0.15, -0.1) is 0 Å². The Labute approximate surface area is 83.6 Å². The Morgan fingerprint density at radius 2 is 2.14 bits per heavy atom. The molecule has 0 bridgehead atoms. The van der Waals surface area contributed by atoms with E-state index in [9.17, 15) is 0 Å². The molecule has 4 nitrogen and oxygen atoms in total. The molecule has 0 aliphatic carbocycles. The minimum atomic E-state index is 0.479. The third kappa shape index (κ3) is 2.15. The summed E-state index contributed by atoms with van der Waals surface area (Å²) in [5, 5.41) is 0. The number of ether oxygens (including phenoxy) is 1. The molecule has 2 rings (SSSR count). The van der Waals surface area contributed by atoms with E-state index in [1.165, 1.54) is 5.56 Å². The Morgan fingerprint density at radius 3 is 2.86 bits per heavy atom. The van der Waals surface area contributed by atoms with Gasteiger partial charge in [-0.05, 0) is 6.07 Å². The van der Waals surface area contributed by atoms with Gasteiger partial charge in [0.2, 0.25) is 0 Å². The van der Waals surface area contributed by atoms with Crippen molar-refractivity contribution in [3.8, 4) is 0 Å². The lowest BCUT2D eigenvalue weighted by molar-refractivity contribution is 0.0339. The number of nitrogens with zero attached hydrogens (tertiary/aromatic N) is 1. The summed E-state index contributed by atoms with van der Waals surface area (Å²) in [5.41, 5.74) is 6.77. The van der Waals surface area contributed by atoms with Crippen LogP contribution < -0.4 is 5.73 Å². The van der Waals surface area contributed by atoms with Crippen molar-refractivity contribution in [2.75, 3.05) is 26.3 Å². The monoisotopic (exact) mass is 196 g/mol. The molecule has 0 unspecified atom stereocenters. The molecule has 0 radical (unpaired) electrons. The highest BCUT2D eigenvalue weighted by molar-refractivity contribution is 5.16. The number of morpholine rings is 1. The van der Waals surface area contributed by atoms with Crippen LogP contribution in [0.1, 0.15) is 11.3 Å². The molecule has 1 aliphatic heterocycles. The molecule has 0 spiro atoms. The highest BCUT2D eigenvalue weighted by atomic mass is 16.5. The molecule has 78 valence electrons. The van der Waals surface area contributed by atoms with Crippen LogP contribution in [0.4, 0.5) is 0 Å². The smallest absolute Gasteiger partial charge is 0.121 e. The largest absolute Gasteiger partial charge is 0.468 e. The highest BCUT2D eigenvalue weighted by Gasteiger charge is 2.13. The van der Waals surface area contributed by atoms with Crippen LogP contribution in [-0.2, 0) is 17.8 Å². The zero-order chi connectivity index (χ0) is 9.80. The molecule has 2 N–H and O–H groups in total. The summed E-state index contributed by atoms with van der Waals surface area (Å²) in [5.74, 6) is 0.900. The first-order chi connectivity index (χ1) is 6.90. The van der Waals surface area contributed by atoms with Crippen molar-refractivity contribution in [2.24, 2.45) is 5.73 Å². The predicted octanol–water partition coefficient (Wildman–Crippen LogP) is 0.571. The zero-order valence-corrected chi connectivity index (χ0v) is 8.24. The third-order valence-corrected chi connectivity index (χ3v) is 2.52. The van der Waals surface area contributed by atoms with Crippen LogP contribution in [0.15, 0.2) is 16.7 Å². The molecular formula is C10H16N2O2. The van der Waals surface area contributed by atoms with Crippen LogP contribution >= 0.6 is 0 Å². The van der Waals surface area contributed by atoms with E-state index in [2.05, 4.69) is 4.90 Å². The standard InChI is InChI=1S/C10H16N2O2/c11-7-10-9(1-4-14-10)8-12-2-5-13-6-3-12/h1,4H,2-3,5-8,11H2. The fraction of sp³-hybridized carbons (Fsp3) is 0.600. The maximum absolute atomic E-state index is 5.56. The average Bonchev–Trinajstić information content (AvgIpc) is 2.67. The van der Waals surface area contributed by atoms with Crippen molar-refractivity contribution in [3.05, 3.63) is 23.7 Å². The van der Waals surface area contributed by atoms with Crippen molar-refractivity contribution >= 4 is 0 Å². The Balaban J connectivity index is 1.95. The van der Waals surface area contributed by atoms with E-state index in [-0.39, 0.29) is 0 Å². The van der Waals surface area contributed by atoms with Gasteiger partial charge in [0.05, 0.1) is 26.0 Å². The van der Waals surface area contributed by atoms with Gasteiger partial charge in [0.1, 0.15) is 5.76 Å². The third-order valence-electron chi connectivity index (χ3n) is 2.52. The van der Waals surface area contributed by atoms with Gasteiger partial charge >= 0.3 is 0 Å². The summed E-state index contributed by atoms with van der Waals surface area (Å²) in [7, 11) is 0. The van der Waals surface area contributed by atoms with E-state index in [0.717, 1.165) is 38.6 Å². The van der Waals surface area contributed by atoms with Gasteiger partial charge in [-0.1, -0.05) is 0 Å². The SMILES string of the molecule is NCc1occc1CN1CCOCC1. The summed E-state index contributed by atoms with van der Waals surface area (Å²) in [6, 6.07) is 2.00. The number of hydrogen-bond donors (Lipinski definition) is 1. The fourth-order valence-corrected chi connectivity index (χ4v) is 1.69. The van der Waals surface area contributed by atoms with Gasteiger partial charge in [-0.25, -0.2) is 0 Å². The van der Waals surface area contributed by atoms with Crippen LogP contribution in [-0.4, -0.2) is 31.2 Å². The molecule has 0 atom stereocenters. The van der Waals surface area contributed by atoms with Crippen molar-refractivity contribution in [3.63, 3.8) is 0 Å². The summed E-state index contributed by atoms with van der Waals surface area (Å²) in [6.07, 6.45) is 1.71. The van der Waals surface area contributed by atoms with E-state index in [0.29, 0.717) is 6.54 Å². The van der Waals surface area contributed by atoms with Crippen molar-refractivity contribution in [1.82, 2.24) is 4.90 Å². The molecule has 14 heavy (non-hydrogen) atoms. The first-order valence-electron chi connectivity index (χ1n) is 4.95. The quantitative estimate of drug-likeness (QED) is 0.768. The van der Waals surface area contributed by atoms with E-state index in [1.807, 2.05) is 6.07 Å². The topological polar surface area (TPSA) is 51.6 Å². The van der Waals surface area contributed by atoms with Gasteiger partial charge in [0, 0.05) is 25.2 Å². The number of furan rings is 1. The molecule has 1 aliphatic rings. The molecule has 1 aromatic rings. The van der Waals surface area contributed by atoms with Crippen molar-refractivity contribution < 1.29 is 9.15 Å². The summed E-state index contributed by atoms with van der Waals surface area (Å²) in [6.45, 7) is 5.05. The fourth-order valence-electron chi connectivity index (χ4n) is 1.69. The summed E-state index contributed by atoms with van der Waals surface area (Å²) >= 11 is 0. The number of nitrogens with two attached hydrogens (primary N) is 1. The summed E-state index contributed by atoms with van der Waals surface area (Å²) in [4.78, 5) is 2.35. The van der Waals surface area contributed by atoms with Crippen LogP contribution in [0, 0.1) is 0 Å². The minimum Gasteiger partial charge on any atom is -0.468 e. The zero-order valence-electron chi connectivity index (χ0n) is 8.24. The Bertz CT molecular complexity index is 279. The first kappa shape index (κ1) is 9.71. The number of hydrogen-bond acceptors (Lipinski definition) is 4. The highest BCUT2D eigenvalue weighted by Crippen LogP contribution is 2.13. The van der Waals surface area contributed by atoms with E-state index < -0.39 is 0 Å². The maximum atomic E-state index is 5.56. The maximum Gasteiger partial charge on any atom is 0.121 e. The molecule has 1 aromatic heterocycles. The molecular weight excluding hydrogens is 180 g/mol. The van der Waals surface area contributed by atoms with Crippen LogP contribution in [0.25, 0.3) is 0 Å². The molecule has 0 aromatic carbocycles. The van der Waals surface area contributed by atoms with Crippen LogP contribution in [0.2, 0.25) is 0 Å². The van der Waals surface area contributed by atoms with Gasteiger partial charge < -0.3 is 14.9 Å². The summed E-state index contributed by atoms with van der Waals surface area (Å²) < 4.78 is 10.6. The number of rotatable bonds is 3. The normalized spacial score (nSPS) is 18.6. The second-order valence-electron chi connectivity index (χ2n) is 3.46. The first-order valence-corrected chi connectivity index (χ1v) is 4.95. The Morgan fingerprint density at radius 1 is 1.36 bits per heavy atom. The molecule has 1 fully saturated rings. The van der Waals surface area contributed by atoms with Crippen molar-refractivity contribution in [2.45, 2.75) is 13.1 Å². The molecule has 2 heterocycles. The van der Waals surface area contributed by atoms with Crippen LogP contribution in [0.3, 0.4) is 0 Å². The molecule has 0 saturated carbocycles. The average molecular weight is 196 g/mol. The van der Waals surface area contributed by atoms with Gasteiger partial charge in [0.25, 0.3) is 0 Å². The second-order valence-corrected chi connectivity index (χ2v) is 3.46. The molecule has 4 heteroatoms. The molecule has 0 amide bonds. The van der Waals surface area contributed by atoms with Gasteiger partial charge in [-0.2, -0.15) is 0 Å². The van der Waals surface area contributed by atoms with Crippen LogP contribution in [0.5, 0.6) is 0 Å². The van der Waals surface area contributed by atoms with E-state index in [4.69, 9.17) is 14.9 Å². The molecule has 1 saturated heterocycles. The lowest BCUT2D eigenvalue weighted by atomic mass is 10.2. The lowest BCUT2D eigenvalue weighted by Crippen LogP contribution is -2.35. The van der Waals surface area contributed by atoms with Crippen molar-refractivity contribution in [1.29, 1.82) is 0 Å². The van der Waals surface area contributed by atoms with E-state index >= 15 is 0 Å². The second kappa shape index (κ2) is 4.59. The lowest BCUT2D eigenvalue weighted by Gasteiger charge is -2.26. The van der Waals surface area contributed by atoms with E-state index in [1.54, 1.807) is 6.26 Å². The Hall–Kier alpha value is -0.840. The van der Waals surface area contributed by atoms with Gasteiger partial charge in [0.15, 0.2) is 0 Å². The Kier molecular flexibility index (Phi) is 3.18. The minimum absolute atomic E-state index is 0.479. The van der Waals surface area contributed by atoms with Gasteiger partial charge in [-0.3, -0.25) is 4.90 Å².